The minimum Gasteiger partial charge on any atom is -0.378 e. The highest BCUT2D eigenvalue weighted by molar-refractivity contribution is 5.95. The first-order valence-corrected chi connectivity index (χ1v) is 11.2. The van der Waals surface area contributed by atoms with E-state index in [0.717, 1.165) is 48.2 Å². The Balaban J connectivity index is 1.47. The van der Waals surface area contributed by atoms with E-state index < -0.39 is 0 Å². The number of carbonyl (C=O) groups is 1. The van der Waals surface area contributed by atoms with Gasteiger partial charge in [-0.15, -0.1) is 0 Å². The second kappa shape index (κ2) is 7.84. The minimum absolute atomic E-state index is 0.00364. The van der Waals surface area contributed by atoms with Crippen molar-refractivity contribution >= 4 is 17.3 Å². The summed E-state index contributed by atoms with van der Waals surface area (Å²) >= 11 is 0. The number of rotatable bonds is 3. The van der Waals surface area contributed by atoms with Gasteiger partial charge in [0.05, 0.1) is 11.0 Å². The summed E-state index contributed by atoms with van der Waals surface area (Å²) in [5.41, 5.74) is 3.95. The van der Waals surface area contributed by atoms with Crippen LogP contribution in [0.25, 0.3) is 0 Å². The highest BCUT2D eigenvalue weighted by Gasteiger charge is 2.38. The number of nitrogens with one attached hydrogen (secondary N) is 1. The van der Waals surface area contributed by atoms with Gasteiger partial charge in [-0.25, -0.2) is 0 Å². The van der Waals surface area contributed by atoms with Crippen LogP contribution >= 0.6 is 0 Å². The number of nitro groups is 1. The average molecular weight is 418 g/mol. The van der Waals surface area contributed by atoms with Crippen LogP contribution in [0.2, 0.25) is 0 Å². The number of fused-ring (bicyclic) bond motifs is 3. The van der Waals surface area contributed by atoms with Gasteiger partial charge in [0, 0.05) is 41.9 Å². The molecule has 1 N–H and O–H groups in total. The Morgan fingerprint density at radius 1 is 1.19 bits per heavy atom. The molecule has 0 aromatic heterocycles. The predicted molar refractivity (Wildman–Crippen MR) is 120 cm³/mol. The lowest BCUT2D eigenvalue weighted by Gasteiger charge is -2.38. The van der Waals surface area contributed by atoms with E-state index in [1.165, 1.54) is 12.5 Å². The molecular weight excluding hydrogens is 390 g/mol. The zero-order valence-corrected chi connectivity index (χ0v) is 17.7. The third kappa shape index (κ3) is 3.50. The Morgan fingerprint density at radius 3 is 2.87 bits per heavy atom. The normalized spacial score (nSPS) is 26.7. The minimum atomic E-state index is -0.343. The van der Waals surface area contributed by atoms with Gasteiger partial charge in [-0.1, -0.05) is 24.3 Å². The fraction of sp³-hybridized carbons (Fsp3) is 0.400. The number of likely N-dealkylation sites (tertiary alicyclic amines) is 1. The molecule has 1 aliphatic carbocycles. The summed E-state index contributed by atoms with van der Waals surface area (Å²) in [4.78, 5) is 26.1. The molecule has 2 aromatic carbocycles. The average Bonchev–Trinajstić information content (AvgIpc) is 3.28. The van der Waals surface area contributed by atoms with Crippen molar-refractivity contribution in [1.82, 2.24) is 4.90 Å². The largest absolute Gasteiger partial charge is 0.378 e. The maximum Gasteiger partial charge on any atom is 0.269 e. The molecule has 2 heterocycles. The van der Waals surface area contributed by atoms with Crippen molar-refractivity contribution in [2.45, 2.75) is 50.6 Å². The Morgan fingerprint density at radius 2 is 2.06 bits per heavy atom. The summed E-state index contributed by atoms with van der Waals surface area (Å²) in [6, 6.07) is 13.2. The first kappa shape index (κ1) is 19.8. The van der Waals surface area contributed by atoms with E-state index >= 15 is 0 Å². The lowest BCUT2D eigenvalue weighted by Crippen LogP contribution is -2.42. The molecule has 0 radical (unpaired) electrons. The summed E-state index contributed by atoms with van der Waals surface area (Å²) in [6.45, 7) is 2.96. The van der Waals surface area contributed by atoms with Crippen molar-refractivity contribution in [3.63, 3.8) is 0 Å². The van der Waals surface area contributed by atoms with Crippen LogP contribution in [0, 0.1) is 16.0 Å². The molecule has 0 unspecified atom stereocenters. The maximum atomic E-state index is 13.2. The van der Waals surface area contributed by atoms with Crippen molar-refractivity contribution in [3.05, 3.63) is 81.4 Å². The van der Waals surface area contributed by atoms with Crippen LogP contribution in [-0.4, -0.2) is 28.3 Å². The summed E-state index contributed by atoms with van der Waals surface area (Å²) < 4.78 is 0. The predicted octanol–water partition coefficient (Wildman–Crippen LogP) is 5.44. The number of carbonyl (C=O) groups excluding carboxylic acids is 1. The third-order valence-electron chi connectivity index (χ3n) is 7.11. The zero-order valence-electron chi connectivity index (χ0n) is 17.7. The van der Waals surface area contributed by atoms with Crippen molar-refractivity contribution in [1.29, 1.82) is 0 Å². The lowest BCUT2D eigenvalue weighted by atomic mass is 9.76. The molecule has 0 bridgehead atoms. The van der Waals surface area contributed by atoms with E-state index in [1.54, 1.807) is 12.1 Å². The number of hydrogen-bond donors (Lipinski definition) is 1. The van der Waals surface area contributed by atoms with E-state index in [9.17, 15) is 14.9 Å². The molecule has 3 aliphatic rings. The number of anilines is 1. The molecule has 5 rings (SSSR count). The van der Waals surface area contributed by atoms with Crippen LogP contribution in [0.3, 0.4) is 0 Å². The molecule has 2 aliphatic heterocycles. The number of piperidine rings is 1. The molecule has 0 spiro atoms. The highest BCUT2D eigenvalue weighted by atomic mass is 16.6. The summed E-state index contributed by atoms with van der Waals surface area (Å²) in [6.07, 6.45) is 8.65. The van der Waals surface area contributed by atoms with Gasteiger partial charge >= 0.3 is 0 Å². The Hall–Kier alpha value is -3.15. The quantitative estimate of drug-likeness (QED) is 0.410. The molecule has 0 saturated carbocycles. The first-order valence-electron chi connectivity index (χ1n) is 11.2. The SMILES string of the molecule is C[C@@H]1CCCCN1C(=O)c1ccc2c(c1)[C@@H]1C=CC[C@H]1[C@@H](c1cccc([N+](=O)[O-])c1)N2. The second-order valence-electron chi connectivity index (χ2n) is 8.97. The standard InChI is InChI=1S/C25H27N3O3/c1-16-6-2-3-13-27(16)25(29)18-11-12-23-22(15-18)20-9-5-10-21(20)24(26-23)17-7-4-8-19(14-17)28(30)31/h4-5,7-9,11-12,14-16,20-21,24,26H,2-3,6,10,13H2,1H3/t16-,20-,21-,24-/m1/s1. The van der Waals surface area contributed by atoms with Crippen molar-refractivity contribution in [3.8, 4) is 0 Å². The molecule has 1 saturated heterocycles. The van der Waals surface area contributed by atoms with Crippen LogP contribution in [0.15, 0.2) is 54.6 Å². The molecule has 6 nitrogen and oxygen atoms in total. The van der Waals surface area contributed by atoms with Crippen molar-refractivity contribution in [2.75, 3.05) is 11.9 Å². The number of amides is 1. The van der Waals surface area contributed by atoms with E-state index in [0.29, 0.717) is 0 Å². The smallest absolute Gasteiger partial charge is 0.269 e. The first-order chi connectivity index (χ1) is 15.0. The second-order valence-corrected chi connectivity index (χ2v) is 8.97. The fourth-order valence-corrected chi connectivity index (χ4v) is 5.45. The number of allylic oxidation sites excluding steroid dienone is 2. The van der Waals surface area contributed by atoms with E-state index in [2.05, 4.69) is 30.5 Å². The highest BCUT2D eigenvalue weighted by Crippen LogP contribution is 2.50. The van der Waals surface area contributed by atoms with Crippen LogP contribution in [-0.2, 0) is 0 Å². The molecule has 4 atom stereocenters. The molecule has 160 valence electrons. The maximum absolute atomic E-state index is 13.2. The third-order valence-corrected chi connectivity index (χ3v) is 7.11. The van der Waals surface area contributed by atoms with Gasteiger partial charge < -0.3 is 10.2 Å². The van der Waals surface area contributed by atoms with E-state index in [-0.39, 0.29) is 40.4 Å². The van der Waals surface area contributed by atoms with Gasteiger partial charge in [-0.2, -0.15) is 0 Å². The lowest BCUT2D eigenvalue weighted by molar-refractivity contribution is -0.384. The number of benzene rings is 2. The van der Waals surface area contributed by atoms with Gasteiger partial charge in [-0.05, 0) is 67.9 Å². The molecule has 2 aromatic rings. The van der Waals surface area contributed by atoms with Gasteiger partial charge in [0.25, 0.3) is 11.6 Å². The molecule has 1 amide bonds. The van der Waals surface area contributed by atoms with Gasteiger partial charge in [-0.3, -0.25) is 14.9 Å². The van der Waals surface area contributed by atoms with Crippen LogP contribution in [0.5, 0.6) is 0 Å². The van der Waals surface area contributed by atoms with Gasteiger partial charge in [0.2, 0.25) is 0 Å². The number of nitrogens with zero attached hydrogens (tertiary/aromatic N) is 2. The monoisotopic (exact) mass is 417 g/mol. The molecule has 6 heteroatoms. The fourth-order valence-electron chi connectivity index (χ4n) is 5.45. The summed E-state index contributed by atoms with van der Waals surface area (Å²) in [5.74, 6) is 0.593. The Kier molecular flexibility index (Phi) is 5.00. The summed E-state index contributed by atoms with van der Waals surface area (Å²) in [5, 5.41) is 14.9. The van der Waals surface area contributed by atoms with E-state index in [1.807, 2.05) is 23.1 Å². The van der Waals surface area contributed by atoms with Crippen LogP contribution < -0.4 is 5.32 Å². The van der Waals surface area contributed by atoms with Crippen LogP contribution in [0.1, 0.15) is 66.1 Å². The van der Waals surface area contributed by atoms with Crippen molar-refractivity contribution < 1.29 is 9.72 Å². The Bertz CT molecular complexity index is 1060. The molecular formula is C25H27N3O3. The number of hydrogen-bond acceptors (Lipinski definition) is 4. The Labute approximate surface area is 182 Å². The van der Waals surface area contributed by atoms with Crippen molar-refractivity contribution in [2.24, 2.45) is 5.92 Å². The summed E-state index contributed by atoms with van der Waals surface area (Å²) in [7, 11) is 0. The van der Waals surface area contributed by atoms with E-state index in [4.69, 9.17) is 0 Å². The number of nitro benzene ring substituents is 1. The molecule has 31 heavy (non-hydrogen) atoms. The van der Waals surface area contributed by atoms with Gasteiger partial charge in [0.1, 0.15) is 0 Å². The topological polar surface area (TPSA) is 75.5 Å². The van der Waals surface area contributed by atoms with Crippen LogP contribution in [0.4, 0.5) is 11.4 Å². The molecule has 1 fully saturated rings. The number of non-ortho nitro benzene ring substituents is 1. The van der Waals surface area contributed by atoms with Gasteiger partial charge in [0.15, 0.2) is 0 Å². The zero-order chi connectivity index (χ0) is 21.5.